The first-order valence-corrected chi connectivity index (χ1v) is 5.88. The van der Waals surface area contributed by atoms with Crippen molar-refractivity contribution in [2.24, 2.45) is 0 Å². The van der Waals surface area contributed by atoms with Gasteiger partial charge in [-0.05, 0) is 41.8 Å². The monoisotopic (exact) mass is 282 g/mol. The van der Waals surface area contributed by atoms with Crippen LogP contribution in [-0.2, 0) is 13.0 Å². The Labute approximate surface area is 116 Å². The minimum atomic E-state index is -0.378. The van der Waals surface area contributed by atoms with Gasteiger partial charge < -0.3 is 5.32 Å². The Morgan fingerprint density at radius 1 is 1.00 bits per heavy atom. The van der Waals surface area contributed by atoms with E-state index < -0.39 is 0 Å². The zero-order chi connectivity index (χ0) is 12.5. The van der Waals surface area contributed by atoms with Gasteiger partial charge >= 0.3 is 0 Å². The van der Waals surface area contributed by atoms with E-state index in [1.807, 2.05) is 0 Å². The summed E-state index contributed by atoms with van der Waals surface area (Å²) in [5.74, 6) is -0.582. The Morgan fingerprint density at radius 2 is 1.84 bits per heavy atom. The molecular weight excluding hydrogens is 270 g/mol. The summed E-state index contributed by atoms with van der Waals surface area (Å²) in [6, 6.07) is 4.68. The van der Waals surface area contributed by atoms with Gasteiger partial charge in [-0.15, -0.1) is 12.4 Å². The van der Waals surface area contributed by atoms with E-state index in [0.717, 1.165) is 17.7 Å². The lowest BCUT2D eigenvalue weighted by Crippen LogP contribution is -2.25. The number of halogens is 3. The van der Waals surface area contributed by atoms with E-state index in [1.165, 1.54) is 12.3 Å². The predicted molar refractivity (Wildman–Crippen MR) is 72.2 cm³/mol. The van der Waals surface area contributed by atoms with Crippen LogP contribution in [0, 0.1) is 11.6 Å². The third-order valence-electron chi connectivity index (χ3n) is 3.29. The molecule has 0 saturated carbocycles. The summed E-state index contributed by atoms with van der Waals surface area (Å²) in [5.41, 5.74) is 2.78. The van der Waals surface area contributed by atoms with Crippen molar-refractivity contribution < 1.29 is 8.78 Å². The van der Waals surface area contributed by atoms with Crippen LogP contribution in [0.15, 0.2) is 30.6 Å². The second-order valence-corrected chi connectivity index (χ2v) is 4.33. The molecule has 0 amide bonds. The van der Waals surface area contributed by atoms with Crippen molar-refractivity contribution in [1.29, 1.82) is 0 Å². The highest BCUT2D eigenvalue weighted by molar-refractivity contribution is 5.85. The topological polar surface area (TPSA) is 24.9 Å². The van der Waals surface area contributed by atoms with E-state index in [-0.39, 0.29) is 24.0 Å². The third kappa shape index (κ3) is 2.46. The molecule has 19 heavy (non-hydrogen) atoms. The summed E-state index contributed by atoms with van der Waals surface area (Å²) >= 11 is 0. The van der Waals surface area contributed by atoms with Crippen molar-refractivity contribution in [3.63, 3.8) is 0 Å². The fourth-order valence-electron chi connectivity index (χ4n) is 2.41. The van der Waals surface area contributed by atoms with E-state index in [2.05, 4.69) is 10.3 Å². The molecule has 1 N–H and O–H groups in total. The van der Waals surface area contributed by atoms with Crippen LogP contribution in [0.3, 0.4) is 0 Å². The lowest BCUT2D eigenvalue weighted by Gasteiger charge is -2.21. The van der Waals surface area contributed by atoms with Crippen LogP contribution in [0.25, 0.3) is 11.1 Å². The fourth-order valence-corrected chi connectivity index (χ4v) is 2.41. The number of fused-ring (bicyclic) bond motifs is 1. The van der Waals surface area contributed by atoms with Crippen LogP contribution < -0.4 is 5.32 Å². The number of benzene rings is 1. The van der Waals surface area contributed by atoms with Gasteiger partial charge in [0, 0.05) is 18.3 Å². The number of hydrogen-bond acceptors (Lipinski definition) is 2. The number of rotatable bonds is 1. The standard InChI is InChI=1S/C14H12F2N2.ClH/c15-13-2-1-9(10-3-6-18-8-14(10)16)12-7-17-5-4-11(12)13;/h1-3,6,8,17H,4-5,7H2;1H. The van der Waals surface area contributed by atoms with Crippen molar-refractivity contribution in [2.75, 3.05) is 6.54 Å². The lowest BCUT2D eigenvalue weighted by molar-refractivity contribution is 0.569. The van der Waals surface area contributed by atoms with Crippen molar-refractivity contribution >= 4 is 12.4 Å². The number of aromatic nitrogens is 1. The molecule has 100 valence electrons. The van der Waals surface area contributed by atoms with Gasteiger partial charge in [0.25, 0.3) is 0 Å². The van der Waals surface area contributed by atoms with E-state index in [9.17, 15) is 8.78 Å². The Bertz CT molecular complexity index is 602. The summed E-state index contributed by atoms with van der Waals surface area (Å²) < 4.78 is 27.5. The van der Waals surface area contributed by atoms with E-state index >= 15 is 0 Å². The molecule has 2 aromatic rings. The molecule has 2 heterocycles. The van der Waals surface area contributed by atoms with Gasteiger partial charge in [0.2, 0.25) is 0 Å². The molecule has 0 unspecified atom stereocenters. The molecule has 2 nitrogen and oxygen atoms in total. The van der Waals surface area contributed by atoms with Crippen LogP contribution in [0.5, 0.6) is 0 Å². The smallest absolute Gasteiger partial charge is 0.149 e. The maximum absolute atomic E-state index is 13.8. The molecule has 3 rings (SSSR count). The zero-order valence-electron chi connectivity index (χ0n) is 10.1. The van der Waals surface area contributed by atoms with Gasteiger partial charge in [-0.2, -0.15) is 0 Å². The molecule has 5 heteroatoms. The Morgan fingerprint density at radius 3 is 2.63 bits per heavy atom. The highest BCUT2D eigenvalue weighted by Gasteiger charge is 2.19. The van der Waals surface area contributed by atoms with E-state index in [1.54, 1.807) is 18.3 Å². The first-order valence-electron chi connectivity index (χ1n) is 5.88. The average Bonchev–Trinajstić information content (AvgIpc) is 2.41. The highest BCUT2D eigenvalue weighted by atomic mass is 35.5. The van der Waals surface area contributed by atoms with Crippen LogP contribution >= 0.6 is 12.4 Å². The average molecular weight is 283 g/mol. The first kappa shape index (κ1) is 13.9. The fraction of sp³-hybridized carbons (Fsp3) is 0.214. The second-order valence-electron chi connectivity index (χ2n) is 4.33. The van der Waals surface area contributed by atoms with Gasteiger partial charge in [-0.1, -0.05) is 6.07 Å². The second kappa shape index (κ2) is 5.63. The molecule has 0 saturated heterocycles. The van der Waals surface area contributed by atoms with Crippen LogP contribution in [-0.4, -0.2) is 11.5 Å². The molecule has 1 aliphatic rings. The summed E-state index contributed by atoms with van der Waals surface area (Å²) in [4.78, 5) is 3.74. The summed E-state index contributed by atoms with van der Waals surface area (Å²) in [6.07, 6.45) is 3.37. The van der Waals surface area contributed by atoms with E-state index in [4.69, 9.17) is 0 Å². The van der Waals surface area contributed by atoms with E-state index in [0.29, 0.717) is 24.1 Å². The zero-order valence-corrected chi connectivity index (χ0v) is 10.9. The molecule has 0 spiro atoms. The molecule has 1 aromatic carbocycles. The van der Waals surface area contributed by atoms with Crippen molar-refractivity contribution in [3.05, 3.63) is 53.4 Å². The van der Waals surface area contributed by atoms with Crippen molar-refractivity contribution in [3.8, 4) is 11.1 Å². The molecule has 1 aliphatic heterocycles. The quantitative estimate of drug-likeness (QED) is 0.869. The van der Waals surface area contributed by atoms with Crippen LogP contribution in [0.4, 0.5) is 8.78 Å². The normalized spacial score (nSPS) is 13.6. The van der Waals surface area contributed by atoms with Gasteiger partial charge in [0.15, 0.2) is 0 Å². The number of nitrogens with one attached hydrogen (secondary N) is 1. The summed E-state index contributed by atoms with van der Waals surface area (Å²) in [5, 5.41) is 3.19. The number of nitrogens with zero attached hydrogens (tertiary/aromatic N) is 1. The van der Waals surface area contributed by atoms with Crippen LogP contribution in [0.1, 0.15) is 11.1 Å². The van der Waals surface area contributed by atoms with Gasteiger partial charge in [0.05, 0.1) is 6.20 Å². The molecule has 0 fully saturated rings. The highest BCUT2D eigenvalue weighted by Crippen LogP contribution is 2.31. The maximum Gasteiger partial charge on any atom is 0.149 e. The van der Waals surface area contributed by atoms with Crippen molar-refractivity contribution in [1.82, 2.24) is 10.3 Å². The number of pyridine rings is 1. The first-order chi connectivity index (χ1) is 8.77. The Kier molecular flexibility index (Phi) is 4.12. The van der Waals surface area contributed by atoms with Gasteiger partial charge in [0.1, 0.15) is 11.6 Å². The number of hydrogen-bond donors (Lipinski definition) is 1. The maximum atomic E-state index is 13.8. The SMILES string of the molecule is Cl.Fc1cnccc1-c1ccc(F)c2c1CNCC2. The van der Waals surface area contributed by atoms with Gasteiger partial charge in [-0.25, -0.2) is 8.78 Å². The predicted octanol–water partition coefficient (Wildman–Crippen LogP) is 3.09. The Hall–Kier alpha value is -1.52. The van der Waals surface area contributed by atoms with Crippen LogP contribution in [0.2, 0.25) is 0 Å². The molecule has 0 bridgehead atoms. The Balaban J connectivity index is 0.00000133. The van der Waals surface area contributed by atoms with Gasteiger partial charge in [-0.3, -0.25) is 4.98 Å². The summed E-state index contributed by atoms with van der Waals surface area (Å²) in [7, 11) is 0. The third-order valence-corrected chi connectivity index (χ3v) is 3.29. The molecule has 0 atom stereocenters. The molecular formula is C14H13ClF2N2. The molecule has 0 aliphatic carbocycles. The largest absolute Gasteiger partial charge is 0.312 e. The molecule has 0 radical (unpaired) electrons. The van der Waals surface area contributed by atoms with Crippen molar-refractivity contribution in [2.45, 2.75) is 13.0 Å². The molecule has 1 aromatic heterocycles. The summed E-state index contributed by atoms with van der Waals surface area (Å²) in [6.45, 7) is 1.33. The minimum Gasteiger partial charge on any atom is -0.312 e. The minimum absolute atomic E-state index is 0. The lowest BCUT2D eigenvalue weighted by atomic mass is 9.92.